The van der Waals surface area contributed by atoms with Crippen LogP contribution in [0.1, 0.15) is 68.2 Å². The molecule has 2 aliphatic carbocycles. The summed E-state index contributed by atoms with van der Waals surface area (Å²) in [5, 5.41) is 21.8. The Hall–Kier alpha value is -3.65. The summed E-state index contributed by atoms with van der Waals surface area (Å²) in [6, 6.07) is 14.3. The van der Waals surface area contributed by atoms with E-state index in [1.54, 1.807) is 30.3 Å². The van der Waals surface area contributed by atoms with Gasteiger partial charge in [0.25, 0.3) is 0 Å². The molecule has 2 aliphatic rings. The molecule has 8 heteroatoms. The number of fused-ring (bicyclic) bond motifs is 1. The fourth-order valence-electron chi connectivity index (χ4n) is 6.20. The van der Waals surface area contributed by atoms with Gasteiger partial charge in [0.2, 0.25) is 0 Å². The minimum absolute atomic E-state index is 0.0182. The average molecular weight is 537 g/mol. The van der Waals surface area contributed by atoms with Crippen LogP contribution in [0, 0.1) is 17.3 Å². The van der Waals surface area contributed by atoms with Gasteiger partial charge in [-0.15, -0.1) is 0 Å². The van der Waals surface area contributed by atoms with E-state index >= 15 is 0 Å². The lowest BCUT2D eigenvalue weighted by atomic mass is 9.66. The molecule has 0 heterocycles. The van der Waals surface area contributed by atoms with Crippen molar-refractivity contribution >= 4 is 17.9 Å². The molecule has 0 aromatic heterocycles. The van der Waals surface area contributed by atoms with Crippen molar-refractivity contribution in [2.45, 2.75) is 71.4 Å². The van der Waals surface area contributed by atoms with Gasteiger partial charge in [-0.2, -0.15) is 0 Å². The van der Waals surface area contributed by atoms with Crippen molar-refractivity contribution in [2.75, 3.05) is 0 Å². The topological polar surface area (TPSA) is 119 Å². The summed E-state index contributed by atoms with van der Waals surface area (Å²) in [4.78, 5) is 38.7. The smallest absolute Gasteiger partial charge is 0.338 e. The Kier molecular flexibility index (Phi) is 7.89. The van der Waals surface area contributed by atoms with Crippen molar-refractivity contribution in [3.63, 3.8) is 0 Å². The van der Waals surface area contributed by atoms with Gasteiger partial charge in [0.15, 0.2) is 0 Å². The maximum atomic E-state index is 13.2. The molecule has 4 rings (SSSR count). The number of phenols is 1. The van der Waals surface area contributed by atoms with Gasteiger partial charge in [0.05, 0.1) is 22.1 Å². The van der Waals surface area contributed by atoms with Crippen molar-refractivity contribution in [3.05, 3.63) is 77.4 Å². The minimum atomic E-state index is -1.41. The van der Waals surface area contributed by atoms with Crippen molar-refractivity contribution in [1.82, 2.24) is 0 Å². The van der Waals surface area contributed by atoms with Crippen LogP contribution in [0.15, 0.2) is 66.2 Å². The summed E-state index contributed by atoms with van der Waals surface area (Å²) >= 11 is 0. The van der Waals surface area contributed by atoms with Crippen LogP contribution in [0.5, 0.6) is 5.75 Å². The molecule has 8 nitrogen and oxygen atoms in total. The summed E-state index contributed by atoms with van der Waals surface area (Å²) in [6.45, 7) is 8.71. The average Bonchev–Trinajstić information content (AvgIpc) is 3.04. The first-order valence-corrected chi connectivity index (χ1v) is 13.2. The second-order valence-electron chi connectivity index (χ2n) is 11.2. The second-order valence-corrected chi connectivity index (χ2v) is 11.2. The van der Waals surface area contributed by atoms with E-state index in [0.717, 1.165) is 5.57 Å². The van der Waals surface area contributed by atoms with Crippen LogP contribution in [0.2, 0.25) is 0 Å². The monoisotopic (exact) mass is 536 g/mol. The van der Waals surface area contributed by atoms with Gasteiger partial charge in [0, 0.05) is 25.7 Å². The number of carbonyl (C=O) groups excluding carboxylic acids is 3. The van der Waals surface area contributed by atoms with E-state index in [4.69, 9.17) is 14.2 Å². The Balaban J connectivity index is 1.80. The Labute approximate surface area is 228 Å². The van der Waals surface area contributed by atoms with E-state index in [-0.39, 0.29) is 30.1 Å². The summed E-state index contributed by atoms with van der Waals surface area (Å²) in [5.74, 6) is -2.73. The Morgan fingerprint density at radius 3 is 2.10 bits per heavy atom. The number of rotatable bonds is 6. The zero-order valence-corrected chi connectivity index (χ0v) is 22.9. The quantitative estimate of drug-likeness (QED) is 0.306. The number of hydrogen-bond acceptors (Lipinski definition) is 8. The molecule has 39 heavy (non-hydrogen) atoms. The lowest BCUT2D eigenvalue weighted by Crippen LogP contribution is -2.55. The first kappa shape index (κ1) is 28.4. The largest absolute Gasteiger partial charge is 0.508 e. The van der Waals surface area contributed by atoms with Gasteiger partial charge in [0.1, 0.15) is 24.1 Å². The van der Waals surface area contributed by atoms with Crippen LogP contribution in [-0.2, 0) is 19.0 Å². The van der Waals surface area contributed by atoms with Gasteiger partial charge < -0.3 is 24.4 Å². The molecule has 0 bridgehead atoms. The highest BCUT2D eigenvalue weighted by Crippen LogP contribution is 2.60. The van der Waals surface area contributed by atoms with E-state index in [0.29, 0.717) is 5.56 Å². The lowest BCUT2D eigenvalue weighted by Gasteiger charge is -2.45. The van der Waals surface area contributed by atoms with Crippen molar-refractivity contribution in [2.24, 2.45) is 17.3 Å². The standard InChI is InChI=1S/C31H36O8/c1-18(2)31(36)17-26(37-20(4)32)30(5)25(39-29(35)21-9-7-6-8-10-21)16-19(3)15-24(27(30)31)38-28(34)22-11-13-23(33)14-12-22/h6-14,16,18,24-27,33,36H,15,17H2,1-5H3. The van der Waals surface area contributed by atoms with Crippen LogP contribution >= 0.6 is 0 Å². The molecule has 0 aliphatic heterocycles. The number of ether oxygens (including phenoxy) is 3. The first-order valence-electron chi connectivity index (χ1n) is 13.2. The molecule has 0 saturated heterocycles. The molecule has 2 N–H and O–H groups in total. The van der Waals surface area contributed by atoms with E-state index < -0.39 is 53.2 Å². The number of phenolic OH excluding ortho intramolecular Hbond substituents is 1. The lowest BCUT2D eigenvalue weighted by molar-refractivity contribution is -0.161. The third-order valence-corrected chi connectivity index (χ3v) is 8.27. The maximum Gasteiger partial charge on any atom is 0.338 e. The van der Waals surface area contributed by atoms with Crippen molar-refractivity contribution in [1.29, 1.82) is 0 Å². The number of carbonyl (C=O) groups is 3. The zero-order chi connectivity index (χ0) is 28.5. The number of hydrogen-bond donors (Lipinski definition) is 2. The number of aromatic hydroxyl groups is 1. The number of aliphatic hydroxyl groups is 1. The fourth-order valence-corrected chi connectivity index (χ4v) is 6.20. The maximum absolute atomic E-state index is 13.2. The van der Waals surface area contributed by atoms with E-state index in [1.807, 2.05) is 33.8 Å². The zero-order valence-electron chi connectivity index (χ0n) is 22.9. The van der Waals surface area contributed by atoms with E-state index in [9.17, 15) is 24.6 Å². The highest BCUT2D eigenvalue weighted by atomic mass is 16.6. The number of benzene rings is 2. The molecule has 6 unspecified atom stereocenters. The van der Waals surface area contributed by atoms with Gasteiger partial charge in [-0.05, 0) is 55.3 Å². The normalized spacial score (nSPS) is 30.1. The van der Waals surface area contributed by atoms with Gasteiger partial charge in [-0.1, -0.05) is 44.5 Å². The molecular formula is C31H36O8. The van der Waals surface area contributed by atoms with Crippen LogP contribution in [0.4, 0.5) is 0 Å². The Bertz CT molecular complexity index is 1250. The Morgan fingerprint density at radius 1 is 0.923 bits per heavy atom. The summed E-state index contributed by atoms with van der Waals surface area (Å²) in [7, 11) is 0. The molecule has 1 saturated carbocycles. The molecule has 2 aromatic rings. The predicted molar refractivity (Wildman–Crippen MR) is 143 cm³/mol. The summed E-state index contributed by atoms with van der Waals surface area (Å²) in [6.07, 6.45) is -0.343. The highest BCUT2D eigenvalue weighted by molar-refractivity contribution is 5.90. The summed E-state index contributed by atoms with van der Waals surface area (Å²) < 4.78 is 18.0. The van der Waals surface area contributed by atoms with Crippen molar-refractivity contribution in [3.8, 4) is 5.75 Å². The molecule has 6 atom stereocenters. The summed E-state index contributed by atoms with van der Waals surface area (Å²) in [5.41, 5.74) is -1.13. The van der Waals surface area contributed by atoms with Gasteiger partial charge in [-0.3, -0.25) is 4.79 Å². The SMILES string of the molecule is CC(=O)OC1CC(O)(C(C)C)C2C(OC(=O)c3ccc(O)cc3)CC(C)=CC(OC(=O)c3ccccc3)C12C. The van der Waals surface area contributed by atoms with Gasteiger partial charge >= 0.3 is 17.9 Å². The molecule has 2 aromatic carbocycles. The van der Waals surface area contributed by atoms with E-state index in [2.05, 4.69) is 0 Å². The predicted octanol–water partition coefficient (Wildman–Crippen LogP) is 4.84. The van der Waals surface area contributed by atoms with E-state index in [1.165, 1.54) is 31.2 Å². The third kappa shape index (κ3) is 5.43. The number of esters is 3. The molecule has 0 amide bonds. The molecular weight excluding hydrogens is 500 g/mol. The molecule has 1 fully saturated rings. The Morgan fingerprint density at radius 2 is 1.51 bits per heavy atom. The van der Waals surface area contributed by atoms with Crippen LogP contribution < -0.4 is 0 Å². The van der Waals surface area contributed by atoms with Crippen LogP contribution in [0.3, 0.4) is 0 Å². The van der Waals surface area contributed by atoms with Crippen molar-refractivity contribution < 1.29 is 38.8 Å². The minimum Gasteiger partial charge on any atom is -0.508 e. The fraction of sp³-hybridized carbons (Fsp3) is 0.452. The first-order chi connectivity index (χ1) is 18.4. The van der Waals surface area contributed by atoms with Gasteiger partial charge in [-0.25, -0.2) is 9.59 Å². The molecule has 0 radical (unpaired) electrons. The van der Waals surface area contributed by atoms with Crippen LogP contribution in [-0.4, -0.2) is 52.0 Å². The molecule has 0 spiro atoms. The molecule has 208 valence electrons. The third-order valence-electron chi connectivity index (χ3n) is 8.27. The second kappa shape index (κ2) is 10.8. The van der Waals surface area contributed by atoms with Crippen LogP contribution in [0.25, 0.3) is 0 Å². The highest BCUT2D eigenvalue weighted by Gasteiger charge is 2.69.